The molecule has 0 amide bonds. The van der Waals surface area contributed by atoms with Crippen LogP contribution < -0.4 is 5.73 Å². The van der Waals surface area contributed by atoms with Crippen molar-refractivity contribution in [1.82, 2.24) is 4.98 Å². The predicted octanol–water partition coefficient (Wildman–Crippen LogP) is 1.93. The Labute approximate surface area is 99.4 Å². The Morgan fingerprint density at radius 3 is 2.76 bits per heavy atom. The lowest BCUT2D eigenvalue weighted by Gasteiger charge is -2.04. The molecule has 0 radical (unpaired) electrons. The molecule has 2 aromatic rings. The van der Waals surface area contributed by atoms with Crippen LogP contribution in [0.5, 0.6) is 0 Å². The van der Waals surface area contributed by atoms with Crippen molar-refractivity contribution in [3.63, 3.8) is 0 Å². The van der Waals surface area contributed by atoms with E-state index in [0.717, 1.165) is 34.9 Å². The molecular formula is C13H16N2O2. The first-order valence-corrected chi connectivity index (χ1v) is 5.73. The van der Waals surface area contributed by atoms with Crippen molar-refractivity contribution in [2.24, 2.45) is 5.73 Å². The number of carboxylic acid groups (broad SMARTS) is 1. The number of aromatic nitrogens is 1. The molecule has 2 rings (SSSR count). The fourth-order valence-electron chi connectivity index (χ4n) is 2.13. The Balaban J connectivity index is 2.67. The average Bonchev–Trinajstić information content (AvgIpc) is 2.72. The Morgan fingerprint density at radius 2 is 2.18 bits per heavy atom. The highest BCUT2D eigenvalue weighted by molar-refractivity contribution is 5.96. The quantitative estimate of drug-likeness (QED) is 0.753. The van der Waals surface area contributed by atoms with Gasteiger partial charge in [-0.1, -0.05) is 6.92 Å². The van der Waals surface area contributed by atoms with Gasteiger partial charge in [0.05, 0.1) is 5.56 Å². The van der Waals surface area contributed by atoms with Crippen LogP contribution in [-0.4, -0.2) is 22.6 Å². The van der Waals surface area contributed by atoms with E-state index in [-0.39, 0.29) is 0 Å². The Morgan fingerprint density at radius 1 is 1.41 bits per heavy atom. The zero-order valence-corrected chi connectivity index (χ0v) is 9.79. The van der Waals surface area contributed by atoms with Crippen molar-refractivity contribution in [2.75, 3.05) is 6.54 Å². The molecule has 0 aliphatic rings. The topological polar surface area (TPSA) is 79.1 Å². The van der Waals surface area contributed by atoms with E-state index in [1.54, 1.807) is 12.1 Å². The normalized spacial score (nSPS) is 10.9. The third-order valence-electron chi connectivity index (χ3n) is 3.00. The van der Waals surface area contributed by atoms with Crippen molar-refractivity contribution in [3.8, 4) is 0 Å². The van der Waals surface area contributed by atoms with E-state index < -0.39 is 5.97 Å². The number of aromatic carboxylic acids is 1. The summed E-state index contributed by atoms with van der Waals surface area (Å²) in [6, 6.07) is 3.45. The van der Waals surface area contributed by atoms with Crippen LogP contribution in [0, 0.1) is 0 Å². The largest absolute Gasteiger partial charge is 0.478 e. The first-order chi connectivity index (χ1) is 8.17. The molecule has 4 nitrogen and oxygen atoms in total. The number of hydrogen-bond acceptors (Lipinski definition) is 2. The molecule has 0 aliphatic heterocycles. The lowest BCUT2D eigenvalue weighted by Crippen LogP contribution is -2.02. The SMILES string of the molecule is CCc1cc(C(=O)O)cc2c(CCN)c[nH]c12. The summed E-state index contributed by atoms with van der Waals surface area (Å²) in [5.74, 6) is -0.888. The minimum Gasteiger partial charge on any atom is -0.478 e. The van der Waals surface area contributed by atoms with Gasteiger partial charge in [-0.15, -0.1) is 0 Å². The summed E-state index contributed by atoms with van der Waals surface area (Å²) in [6.07, 6.45) is 3.48. The van der Waals surface area contributed by atoms with E-state index in [1.165, 1.54) is 0 Å². The molecule has 0 fully saturated rings. The Hall–Kier alpha value is -1.81. The van der Waals surface area contributed by atoms with Gasteiger partial charge in [-0.25, -0.2) is 4.79 Å². The number of carbonyl (C=O) groups is 1. The van der Waals surface area contributed by atoms with Crippen molar-refractivity contribution in [1.29, 1.82) is 0 Å². The van der Waals surface area contributed by atoms with Gasteiger partial charge in [-0.05, 0) is 42.6 Å². The maximum absolute atomic E-state index is 11.1. The van der Waals surface area contributed by atoms with Gasteiger partial charge in [-0.2, -0.15) is 0 Å². The zero-order valence-electron chi connectivity index (χ0n) is 9.79. The third-order valence-corrected chi connectivity index (χ3v) is 3.00. The molecule has 17 heavy (non-hydrogen) atoms. The summed E-state index contributed by atoms with van der Waals surface area (Å²) in [4.78, 5) is 14.3. The molecule has 0 unspecified atom stereocenters. The van der Waals surface area contributed by atoms with E-state index in [2.05, 4.69) is 4.98 Å². The molecule has 0 atom stereocenters. The fraction of sp³-hybridized carbons (Fsp3) is 0.308. The molecular weight excluding hydrogens is 216 g/mol. The monoisotopic (exact) mass is 232 g/mol. The maximum Gasteiger partial charge on any atom is 0.335 e. The van der Waals surface area contributed by atoms with E-state index >= 15 is 0 Å². The van der Waals surface area contributed by atoms with E-state index in [1.807, 2.05) is 13.1 Å². The second-order valence-corrected chi connectivity index (χ2v) is 4.07. The molecule has 4 heteroatoms. The Bertz CT molecular complexity index is 558. The first kappa shape index (κ1) is 11.7. The van der Waals surface area contributed by atoms with Crippen LogP contribution in [0.3, 0.4) is 0 Å². The van der Waals surface area contributed by atoms with Crippen LogP contribution in [0.4, 0.5) is 0 Å². The number of H-pyrrole nitrogens is 1. The molecule has 90 valence electrons. The second-order valence-electron chi connectivity index (χ2n) is 4.07. The van der Waals surface area contributed by atoms with Crippen molar-refractivity contribution < 1.29 is 9.90 Å². The van der Waals surface area contributed by atoms with Crippen molar-refractivity contribution in [2.45, 2.75) is 19.8 Å². The molecule has 0 saturated carbocycles. The highest BCUT2D eigenvalue weighted by Crippen LogP contribution is 2.24. The molecule has 0 saturated heterocycles. The summed E-state index contributed by atoms with van der Waals surface area (Å²) in [5.41, 5.74) is 9.03. The second kappa shape index (κ2) is 4.59. The van der Waals surface area contributed by atoms with Crippen molar-refractivity contribution in [3.05, 3.63) is 35.0 Å². The summed E-state index contributed by atoms with van der Waals surface area (Å²) in [6.45, 7) is 2.58. The van der Waals surface area contributed by atoms with Gasteiger partial charge in [-0.3, -0.25) is 0 Å². The molecule has 0 spiro atoms. The van der Waals surface area contributed by atoms with Crippen LogP contribution in [0.1, 0.15) is 28.4 Å². The summed E-state index contributed by atoms with van der Waals surface area (Å²) >= 11 is 0. The average molecular weight is 232 g/mol. The van der Waals surface area contributed by atoms with E-state index in [4.69, 9.17) is 10.8 Å². The molecule has 0 aliphatic carbocycles. The highest BCUT2D eigenvalue weighted by Gasteiger charge is 2.11. The van der Waals surface area contributed by atoms with Crippen LogP contribution in [0.2, 0.25) is 0 Å². The van der Waals surface area contributed by atoms with Gasteiger partial charge < -0.3 is 15.8 Å². The van der Waals surface area contributed by atoms with E-state index in [9.17, 15) is 4.79 Å². The lowest BCUT2D eigenvalue weighted by molar-refractivity contribution is 0.0697. The lowest BCUT2D eigenvalue weighted by atomic mass is 10.0. The molecule has 0 bridgehead atoms. The van der Waals surface area contributed by atoms with Gasteiger partial charge in [0.2, 0.25) is 0 Å². The van der Waals surface area contributed by atoms with Gasteiger partial charge in [0.1, 0.15) is 0 Å². The molecule has 1 aromatic carbocycles. The highest BCUT2D eigenvalue weighted by atomic mass is 16.4. The van der Waals surface area contributed by atoms with Crippen LogP contribution in [-0.2, 0) is 12.8 Å². The van der Waals surface area contributed by atoms with Crippen LogP contribution in [0.25, 0.3) is 10.9 Å². The number of rotatable bonds is 4. The summed E-state index contributed by atoms with van der Waals surface area (Å²) < 4.78 is 0. The number of benzene rings is 1. The number of nitrogens with two attached hydrogens (primary N) is 1. The number of fused-ring (bicyclic) bond motifs is 1. The number of aromatic amines is 1. The minimum atomic E-state index is -0.888. The number of aryl methyl sites for hydroxylation is 1. The standard InChI is InChI=1S/C13H16N2O2/c1-2-8-5-10(13(16)17)6-11-9(3-4-14)7-15-12(8)11/h5-7,15H,2-4,14H2,1H3,(H,16,17). The van der Waals surface area contributed by atoms with E-state index in [0.29, 0.717) is 12.1 Å². The third kappa shape index (κ3) is 2.03. The maximum atomic E-state index is 11.1. The van der Waals surface area contributed by atoms with Gasteiger partial charge in [0.25, 0.3) is 0 Å². The first-order valence-electron chi connectivity index (χ1n) is 5.73. The number of carboxylic acids is 1. The summed E-state index contributed by atoms with van der Waals surface area (Å²) in [7, 11) is 0. The van der Waals surface area contributed by atoms with Gasteiger partial charge >= 0.3 is 5.97 Å². The number of hydrogen-bond donors (Lipinski definition) is 3. The number of nitrogens with one attached hydrogen (secondary N) is 1. The molecule has 1 heterocycles. The molecule has 1 aromatic heterocycles. The molecule has 4 N–H and O–H groups in total. The fourth-order valence-corrected chi connectivity index (χ4v) is 2.13. The van der Waals surface area contributed by atoms with Crippen LogP contribution in [0.15, 0.2) is 18.3 Å². The van der Waals surface area contributed by atoms with Crippen LogP contribution >= 0.6 is 0 Å². The minimum absolute atomic E-state index is 0.340. The van der Waals surface area contributed by atoms with Crippen molar-refractivity contribution >= 4 is 16.9 Å². The van der Waals surface area contributed by atoms with Gasteiger partial charge in [0.15, 0.2) is 0 Å². The zero-order chi connectivity index (χ0) is 12.4. The summed E-state index contributed by atoms with van der Waals surface area (Å²) in [5, 5.41) is 10.1. The predicted molar refractivity (Wildman–Crippen MR) is 67.4 cm³/mol. The Kier molecular flexibility index (Phi) is 3.15. The van der Waals surface area contributed by atoms with Gasteiger partial charge in [0, 0.05) is 17.1 Å². The smallest absolute Gasteiger partial charge is 0.335 e.